The molecule has 2 unspecified atom stereocenters. The molecule has 2 amide bonds. The average molecular weight is 304 g/mol. The molecule has 1 aromatic carbocycles. The zero-order chi connectivity index (χ0) is 16.1. The molecule has 3 N–H and O–H groups in total. The van der Waals surface area contributed by atoms with Crippen LogP contribution in [0.25, 0.3) is 0 Å². The first kappa shape index (κ1) is 16.5. The fourth-order valence-corrected chi connectivity index (χ4v) is 2.59. The van der Waals surface area contributed by atoms with Gasteiger partial charge in [0.05, 0.1) is 6.10 Å². The Kier molecular flexibility index (Phi) is 5.55. The fraction of sp³-hybridized carbons (Fsp3) is 0.529. The molecule has 2 atom stereocenters. The molecular formula is C17H24N2O3. The summed E-state index contributed by atoms with van der Waals surface area (Å²) < 4.78 is 0. The lowest BCUT2D eigenvalue weighted by atomic mass is 10.0. The maximum Gasteiger partial charge on any atom is 0.313 e. The van der Waals surface area contributed by atoms with Crippen LogP contribution < -0.4 is 10.6 Å². The number of fused-ring (bicyclic) bond motifs is 1. The maximum atomic E-state index is 11.9. The summed E-state index contributed by atoms with van der Waals surface area (Å²) in [5.74, 6) is -1.34. The zero-order valence-corrected chi connectivity index (χ0v) is 13.2. The van der Waals surface area contributed by atoms with E-state index in [0.29, 0.717) is 5.69 Å². The average Bonchev–Trinajstić information content (AvgIpc) is 2.98. The molecule has 5 heteroatoms. The molecule has 5 nitrogen and oxygen atoms in total. The van der Waals surface area contributed by atoms with E-state index in [1.54, 1.807) is 0 Å². The second-order valence-corrected chi connectivity index (χ2v) is 5.95. The van der Waals surface area contributed by atoms with E-state index in [4.69, 9.17) is 0 Å². The third-order valence-corrected chi connectivity index (χ3v) is 4.34. The smallest absolute Gasteiger partial charge is 0.313 e. The third kappa shape index (κ3) is 4.07. The molecule has 2 rings (SSSR count). The SMILES string of the molecule is CCC(C)C(O)CNC(=O)C(=O)Nc1ccc2c(c1)CCC2. The van der Waals surface area contributed by atoms with Crippen molar-refractivity contribution in [3.8, 4) is 0 Å². The van der Waals surface area contributed by atoms with Gasteiger partial charge in [-0.2, -0.15) is 0 Å². The first-order valence-electron chi connectivity index (χ1n) is 7.90. The monoisotopic (exact) mass is 304 g/mol. The van der Waals surface area contributed by atoms with Gasteiger partial charge in [0.25, 0.3) is 0 Å². The van der Waals surface area contributed by atoms with Crippen molar-refractivity contribution in [2.45, 2.75) is 45.6 Å². The van der Waals surface area contributed by atoms with Gasteiger partial charge in [0, 0.05) is 12.2 Å². The third-order valence-electron chi connectivity index (χ3n) is 4.34. The summed E-state index contributed by atoms with van der Waals surface area (Å²) in [5.41, 5.74) is 3.20. The van der Waals surface area contributed by atoms with Crippen molar-refractivity contribution >= 4 is 17.5 Å². The van der Waals surface area contributed by atoms with Crippen molar-refractivity contribution in [2.24, 2.45) is 5.92 Å². The van der Waals surface area contributed by atoms with Gasteiger partial charge in [-0.15, -0.1) is 0 Å². The van der Waals surface area contributed by atoms with E-state index in [-0.39, 0.29) is 12.5 Å². The highest BCUT2D eigenvalue weighted by atomic mass is 16.3. The Hall–Kier alpha value is -1.88. The van der Waals surface area contributed by atoms with E-state index in [0.717, 1.165) is 25.7 Å². The molecule has 0 radical (unpaired) electrons. The number of amides is 2. The number of aliphatic hydroxyl groups is 1. The van der Waals surface area contributed by atoms with Crippen LogP contribution in [0.4, 0.5) is 5.69 Å². The lowest BCUT2D eigenvalue weighted by Crippen LogP contribution is -2.41. The van der Waals surface area contributed by atoms with Crippen molar-refractivity contribution in [3.05, 3.63) is 29.3 Å². The summed E-state index contributed by atoms with van der Waals surface area (Å²) in [6.45, 7) is 3.96. The lowest BCUT2D eigenvalue weighted by molar-refractivity contribution is -0.136. The number of nitrogens with one attached hydrogen (secondary N) is 2. The van der Waals surface area contributed by atoms with Gasteiger partial charge in [-0.25, -0.2) is 0 Å². The van der Waals surface area contributed by atoms with Gasteiger partial charge in [-0.1, -0.05) is 26.3 Å². The van der Waals surface area contributed by atoms with Crippen LogP contribution in [0.5, 0.6) is 0 Å². The summed E-state index contributed by atoms with van der Waals surface area (Å²) in [4.78, 5) is 23.6. The maximum absolute atomic E-state index is 11.9. The molecule has 22 heavy (non-hydrogen) atoms. The molecule has 0 heterocycles. The van der Waals surface area contributed by atoms with Crippen LogP contribution >= 0.6 is 0 Å². The largest absolute Gasteiger partial charge is 0.391 e. The van der Waals surface area contributed by atoms with Gasteiger partial charge in [0.15, 0.2) is 0 Å². The molecule has 1 aliphatic rings. The first-order valence-corrected chi connectivity index (χ1v) is 7.90. The van der Waals surface area contributed by atoms with Crippen molar-refractivity contribution < 1.29 is 14.7 Å². The van der Waals surface area contributed by atoms with Gasteiger partial charge < -0.3 is 15.7 Å². The molecule has 1 aromatic rings. The highest BCUT2D eigenvalue weighted by molar-refractivity contribution is 6.39. The highest BCUT2D eigenvalue weighted by Crippen LogP contribution is 2.24. The normalized spacial score (nSPS) is 15.8. The molecule has 0 saturated carbocycles. The number of aryl methyl sites for hydroxylation is 2. The minimum Gasteiger partial charge on any atom is -0.391 e. The van der Waals surface area contributed by atoms with Crippen molar-refractivity contribution in [3.63, 3.8) is 0 Å². The Morgan fingerprint density at radius 1 is 1.23 bits per heavy atom. The summed E-state index contributed by atoms with van der Waals surface area (Å²) in [7, 11) is 0. The van der Waals surface area contributed by atoms with E-state index in [1.807, 2.05) is 32.0 Å². The predicted octanol–water partition coefficient (Wildman–Crippen LogP) is 1.64. The summed E-state index contributed by atoms with van der Waals surface area (Å²) in [5, 5.41) is 14.9. The summed E-state index contributed by atoms with van der Waals surface area (Å²) in [6.07, 6.45) is 3.42. The number of benzene rings is 1. The van der Waals surface area contributed by atoms with Crippen LogP contribution in [0.15, 0.2) is 18.2 Å². The number of carbonyl (C=O) groups is 2. The molecule has 0 bridgehead atoms. The highest BCUT2D eigenvalue weighted by Gasteiger charge is 2.18. The molecular weight excluding hydrogens is 280 g/mol. The van der Waals surface area contributed by atoms with E-state index < -0.39 is 17.9 Å². The van der Waals surface area contributed by atoms with Gasteiger partial charge in [0.2, 0.25) is 0 Å². The Balaban J connectivity index is 1.85. The van der Waals surface area contributed by atoms with E-state index in [1.165, 1.54) is 11.1 Å². The summed E-state index contributed by atoms with van der Waals surface area (Å²) >= 11 is 0. The van der Waals surface area contributed by atoms with Crippen LogP contribution in [0.3, 0.4) is 0 Å². The van der Waals surface area contributed by atoms with Crippen molar-refractivity contribution in [1.82, 2.24) is 5.32 Å². The van der Waals surface area contributed by atoms with Gasteiger partial charge in [-0.05, 0) is 48.4 Å². The molecule has 0 saturated heterocycles. The number of anilines is 1. The molecule has 0 fully saturated rings. The molecule has 0 aromatic heterocycles. The minimum atomic E-state index is -0.720. The molecule has 0 spiro atoms. The molecule has 120 valence electrons. The van der Waals surface area contributed by atoms with Crippen LogP contribution in [0.1, 0.15) is 37.8 Å². The zero-order valence-electron chi connectivity index (χ0n) is 13.2. The minimum absolute atomic E-state index is 0.0834. The Morgan fingerprint density at radius 2 is 1.95 bits per heavy atom. The number of hydrogen-bond acceptors (Lipinski definition) is 3. The Labute approximate surface area is 131 Å². The van der Waals surface area contributed by atoms with Crippen molar-refractivity contribution in [1.29, 1.82) is 0 Å². The van der Waals surface area contributed by atoms with Crippen molar-refractivity contribution in [2.75, 3.05) is 11.9 Å². The molecule has 0 aliphatic heterocycles. The van der Waals surface area contributed by atoms with E-state index in [9.17, 15) is 14.7 Å². The number of hydrogen-bond donors (Lipinski definition) is 3. The van der Waals surface area contributed by atoms with E-state index in [2.05, 4.69) is 10.6 Å². The number of rotatable bonds is 5. The quantitative estimate of drug-likeness (QED) is 0.724. The second-order valence-electron chi connectivity index (χ2n) is 5.95. The first-order chi connectivity index (χ1) is 10.5. The predicted molar refractivity (Wildman–Crippen MR) is 85.6 cm³/mol. The number of carbonyl (C=O) groups excluding carboxylic acids is 2. The lowest BCUT2D eigenvalue weighted by Gasteiger charge is -2.17. The van der Waals surface area contributed by atoms with Gasteiger partial charge in [-0.3, -0.25) is 9.59 Å². The van der Waals surface area contributed by atoms with Gasteiger partial charge in [0.1, 0.15) is 0 Å². The standard InChI is InChI=1S/C17H24N2O3/c1-3-11(2)15(20)10-18-16(21)17(22)19-14-8-7-12-5-4-6-13(12)9-14/h7-9,11,15,20H,3-6,10H2,1-2H3,(H,18,21)(H,19,22). The van der Waals surface area contributed by atoms with E-state index >= 15 is 0 Å². The molecule has 1 aliphatic carbocycles. The van der Waals surface area contributed by atoms with Crippen LogP contribution in [0, 0.1) is 5.92 Å². The van der Waals surface area contributed by atoms with Gasteiger partial charge >= 0.3 is 11.8 Å². The second kappa shape index (κ2) is 7.40. The van der Waals surface area contributed by atoms with Crippen LogP contribution in [0.2, 0.25) is 0 Å². The Morgan fingerprint density at radius 3 is 2.68 bits per heavy atom. The van der Waals surface area contributed by atoms with Crippen LogP contribution in [-0.2, 0) is 22.4 Å². The summed E-state index contributed by atoms with van der Waals surface area (Å²) in [6, 6.07) is 5.76. The topological polar surface area (TPSA) is 78.4 Å². The van der Waals surface area contributed by atoms with Crippen LogP contribution in [-0.4, -0.2) is 29.6 Å². The number of aliphatic hydroxyl groups excluding tert-OH is 1. The Bertz CT molecular complexity index is 557. The fourth-order valence-electron chi connectivity index (χ4n) is 2.59.